The van der Waals surface area contributed by atoms with Gasteiger partial charge in [0, 0.05) is 5.54 Å². The van der Waals surface area contributed by atoms with Crippen LogP contribution in [-0.2, 0) is 0 Å². The van der Waals surface area contributed by atoms with Gasteiger partial charge in [0.05, 0.1) is 0 Å². The fourth-order valence-electron chi connectivity index (χ4n) is 5.30. The summed E-state index contributed by atoms with van der Waals surface area (Å²) in [5.41, 5.74) is -0.381. The van der Waals surface area contributed by atoms with E-state index >= 15 is 0 Å². The van der Waals surface area contributed by atoms with Gasteiger partial charge in [-0.2, -0.15) is 0 Å². The van der Waals surface area contributed by atoms with E-state index in [-0.39, 0.29) is 16.9 Å². The minimum absolute atomic E-state index is 0.166. The summed E-state index contributed by atoms with van der Waals surface area (Å²) in [4.78, 5) is 12.5. The zero-order valence-corrected chi connectivity index (χ0v) is 11.9. The summed E-state index contributed by atoms with van der Waals surface area (Å²) < 4.78 is 13.8. The molecule has 0 spiro atoms. The van der Waals surface area contributed by atoms with E-state index in [9.17, 15) is 14.3 Å². The molecule has 5 rings (SSSR count). The largest absolute Gasteiger partial charge is 0.507 e. The Morgan fingerprint density at radius 1 is 1.14 bits per heavy atom. The summed E-state index contributed by atoms with van der Waals surface area (Å²) in [5, 5.41) is 12.9. The van der Waals surface area contributed by atoms with Crippen LogP contribution in [0.25, 0.3) is 0 Å². The van der Waals surface area contributed by atoms with Crippen molar-refractivity contribution >= 4 is 5.91 Å². The van der Waals surface area contributed by atoms with Crippen LogP contribution in [0.15, 0.2) is 18.2 Å². The van der Waals surface area contributed by atoms with Gasteiger partial charge in [0.25, 0.3) is 5.91 Å². The smallest absolute Gasteiger partial charge is 0.258 e. The van der Waals surface area contributed by atoms with Crippen molar-refractivity contribution in [2.75, 3.05) is 0 Å². The maximum Gasteiger partial charge on any atom is 0.258 e. The molecule has 4 aliphatic carbocycles. The van der Waals surface area contributed by atoms with Crippen LogP contribution in [0.4, 0.5) is 4.39 Å². The Labute approximate surface area is 123 Å². The molecule has 0 unspecified atom stereocenters. The Morgan fingerprint density at radius 3 is 2.24 bits per heavy atom. The second-order valence-electron chi connectivity index (χ2n) is 7.29. The number of phenols is 1. The third kappa shape index (κ3) is 2.12. The number of carbonyl (C=O) groups is 1. The lowest BCUT2D eigenvalue weighted by molar-refractivity contribution is -0.0167. The Kier molecular flexibility index (Phi) is 2.78. The van der Waals surface area contributed by atoms with Gasteiger partial charge in [0.1, 0.15) is 17.1 Å². The molecule has 21 heavy (non-hydrogen) atoms. The van der Waals surface area contributed by atoms with Gasteiger partial charge in [-0.25, -0.2) is 4.39 Å². The monoisotopic (exact) mass is 289 g/mol. The van der Waals surface area contributed by atoms with Crippen LogP contribution in [0.3, 0.4) is 0 Å². The van der Waals surface area contributed by atoms with Gasteiger partial charge < -0.3 is 10.4 Å². The molecule has 0 heterocycles. The molecule has 4 aliphatic rings. The first-order valence-corrected chi connectivity index (χ1v) is 7.85. The summed E-state index contributed by atoms with van der Waals surface area (Å²) >= 11 is 0. The van der Waals surface area contributed by atoms with Crippen LogP contribution in [0.5, 0.6) is 5.75 Å². The molecule has 1 amide bonds. The number of aromatic hydroxyl groups is 1. The van der Waals surface area contributed by atoms with E-state index in [1.165, 1.54) is 37.5 Å². The molecule has 3 nitrogen and oxygen atoms in total. The first-order valence-electron chi connectivity index (χ1n) is 7.85. The van der Waals surface area contributed by atoms with Gasteiger partial charge in [0.2, 0.25) is 0 Å². The quantitative estimate of drug-likeness (QED) is 0.878. The fourth-order valence-corrected chi connectivity index (χ4v) is 5.30. The highest BCUT2D eigenvalue weighted by Gasteiger charge is 2.51. The molecule has 1 aromatic rings. The lowest BCUT2D eigenvalue weighted by Gasteiger charge is -2.56. The molecule has 0 aromatic heterocycles. The van der Waals surface area contributed by atoms with Crippen molar-refractivity contribution in [2.45, 2.75) is 44.1 Å². The first-order chi connectivity index (χ1) is 10.0. The highest BCUT2D eigenvalue weighted by molar-refractivity contribution is 5.97. The second kappa shape index (κ2) is 4.46. The zero-order chi connectivity index (χ0) is 14.6. The molecule has 0 radical (unpaired) electrons. The third-order valence-electron chi connectivity index (χ3n) is 5.64. The van der Waals surface area contributed by atoms with Gasteiger partial charge in [-0.05, 0) is 68.4 Å². The van der Waals surface area contributed by atoms with E-state index in [0.29, 0.717) is 17.8 Å². The van der Waals surface area contributed by atoms with Crippen LogP contribution in [0, 0.1) is 23.6 Å². The second-order valence-corrected chi connectivity index (χ2v) is 7.29. The van der Waals surface area contributed by atoms with Crippen LogP contribution >= 0.6 is 0 Å². The minimum atomic E-state index is -0.655. The molecule has 2 N–H and O–H groups in total. The summed E-state index contributed by atoms with van der Waals surface area (Å²) in [6.45, 7) is 0. The molecule has 4 fully saturated rings. The third-order valence-corrected chi connectivity index (χ3v) is 5.64. The van der Waals surface area contributed by atoms with E-state index in [1.54, 1.807) is 0 Å². The zero-order valence-electron chi connectivity index (χ0n) is 11.9. The van der Waals surface area contributed by atoms with Gasteiger partial charge >= 0.3 is 0 Å². The average molecular weight is 289 g/mol. The van der Waals surface area contributed by atoms with Crippen LogP contribution in [0.2, 0.25) is 0 Å². The maximum absolute atomic E-state index is 13.8. The summed E-state index contributed by atoms with van der Waals surface area (Å²) in [5.74, 6) is 0.740. The molecule has 4 bridgehead atoms. The van der Waals surface area contributed by atoms with E-state index in [2.05, 4.69) is 5.32 Å². The predicted molar refractivity (Wildman–Crippen MR) is 76.4 cm³/mol. The first kappa shape index (κ1) is 13.1. The number of hydrogen-bond acceptors (Lipinski definition) is 2. The Hall–Kier alpha value is -1.58. The molecule has 0 saturated heterocycles. The van der Waals surface area contributed by atoms with Gasteiger partial charge in [-0.15, -0.1) is 0 Å². The standard InChI is InChI=1S/C17H20FNO2/c18-13-2-1-3-14(20)15(13)16(21)19-17-7-10-4-11(8-17)6-12(5-10)9-17/h1-3,10-12,20H,4-9H2,(H,19,21). The number of benzene rings is 1. The highest BCUT2D eigenvalue weighted by atomic mass is 19.1. The topological polar surface area (TPSA) is 49.3 Å². The van der Waals surface area contributed by atoms with E-state index in [4.69, 9.17) is 0 Å². The number of amides is 1. The molecule has 4 heteroatoms. The predicted octanol–water partition coefficient (Wildman–Crippen LogP) is 3.23. The van der Waals surface area contributed by atoms with Gasteiger partial charge in [-0.3, -0.25) is 4.79 Å². The average Bonchev–Trinajstić information content (AvgIpc) is 2.35. The molecular formula is C17H20FNO2. The van der Waals surface area contributed by atoms with Gasteiger partial charge in [-0.1, -0.05) is 6.07 Å². The van der Waals surface area contributed by atoms with Crippen molar-refractivity contribution in [2.24, 2.45) is 17.8 Å². The minimum Gasteiger partial charge on any atom is -0.507 e. The van der Waals surface area contributed by atoms with Gasteiger partial charge in [0.15, 0.2) is 0 Å². The number of hydrogen-bond donors (Lipinski definition) is 2. The van der Waals surface area contributed by atoms with E-state index < -0.39 is 11.7 Å². The van der Waals surface area contributed by atoms with Crippen molar-refractivity contribution in [3.8, 4) is 5.75 Å². The van der Waals surface area contributed by atoms with Crippen molar-refractivity contribution in [3.63, 3.8) is 0 Å². The molecule has 1 aromatic carbocycles. The van der Waals surface area contributed by atoms with E-state index in [1.807, 2.05) is 0 Å². The summed E-state index contributed by atoms with van der Waals surface area (Å²) in [6, 6.07) is 3.98. The summed E-state index contributed by atoms with van der Waals surface area (Å²) in [6.07, 6.45) is 6.92. The summed E-state index contributed by atoms with van der Waals surface area (Å²) in [7, 11) is 0. The Morgan fingerprint density at radius 2 is 1.71 bits per heavy atom. The van der Waals surface area contributed by atoms with Crippen LogP contribution in [0.1, 0.15) is 48.9 Å². The van der Waals surface area contributed by atoms with Crippen molar-refractivity contribution in [1.82, 2.24) is 5.32 Å². The highest BCUT2D eigenvalue weighted by Crippen LogP contribution is 2.55. The molecule has 0 aliphatic heterocycles. The lowest BCUT2D eigenvalue weighted by atomic mass is 9.53. The van der Waals surface area contributed by atoms with Crippen molar-refractivity contribution < 1.29 is 14.3 Å². The number of rotatable bonds is 2. The van der Waals surface area contributed by atoms with Crippen LogP contribution < -0.4 is 5.32 Å². The Bertz CT molecular complexity index is 543. The number of halogens is 1. The van der Waals surface area contributed by atoms with Crippen LogP contribution in [-0.4, -0.2) is 16.6 Å². The fraction of sp³-hybridized carbons (Fsp3) is 0.588. The van der Waals surface area contributed by atoms with Crippen molar-refractivity contribution in [3.05, 3.63) is 29.6 Å². The number of phenolic OH excluding ortho intramolecular Hbond substituents is 1. The van der Waals surface area contributed by atoms with E-state index in [0.717, 1.165) is 19.3 Å². The molecule has 112 valence electrons. The number of nitrogens with one attached hydrogen (secondary N) is 1. The Balaban J connectivity index is 1.60. The lowest BCUT2D eigenvalue weighted by Crippen LogP contribution is -2.59. The van der Waals surface area contributed by atoms with Crippen molar-refractivity contribution in [1.29, 1.82) is 0 Å². The molecule has 0 atom stereocenters. The SMILES string of the molecule is O=C(NC12CC3CC(CC(C3)C1)C2)c1c(O)cccc1F. The molecular weight excluding hydrogens is 269 g/mol. The molecule has 4 saturated carbocycles. The number of carbonyl (C=O) groups excluding carboxylic acids is 1. The normalized spacial score (nSPS) is 36.7. The maximum atomic E-state index is 13.8.